The third kappa shape index (κ3) is 5.19. The van der Waals surface area contributed by atoms with Crippen molar-refractivity contribution in [2.24, 2.45) is 0 Å². The molecule has 8 nitrogen and oxygen atoms in total. The molecule has 2 atom stereocenters. The second-order valence-electron chi connectivity index (χ2n) is 9.73. The van der Waals surface area contributed by atoms with E-state index >= 15 is 0 Å². The Hall–Kier alpha value is -4.33. The number of carbonyl (C=O) groups excluding carboxylic acids is 2. The number of ketones is 1. The molecule has 1 fully saturated rings. The highest BCUT2D eigenvalue weighted by Gasteiger charge is 2.46. The van der Waals surface area contributed by atoms with Crippen LogP contribution in [0.1, 0.15) is 55.5 Å². The predicted molar refractivity (Wildman–Crippen MR) is 146 cm³/mol. The number of fused-ring (bicyclic) bond motifs is 1. The third-order valence-corrected chi connectivity index (χ3v) is 6.83. The van der Waals surface area contributed by atoms with Gasteiger partial charge in [0, 0.05) is 30.9 Å². The molecule has 3 aromatic rings. The van der Waals surface area contributed by atoms with Gasteiger partial charge in [0.05, 0.1) is 24.8 Å². The molecule has 1 amide bonds. The maximum atomic E-state index is 13.5. The van der Waals surface area contributed by atoms with Crippen molar-refractivity contribution in [2.75, 3.05) is 13.2 Å². The van der Waals surface area contributed by atoms with E-state index in [4.69, 9.17) is 14.2 Å². The van der Waals surface area contributed by atoms with E-state index in [1.807, 2.05) is 39.0 Å². The molecule has 2 aliphatic rings. The van der Waals surface area contributed by atoms with Gasteiger partial charge in [-0.1, -0.05) is 19.1 Å². The fraction of sp³-hybridized carbons (Fsp3) is 0.323. The first kappa shape index (κ1) is 26.3. The molecular weight excluding hydrogens is 496 g/mol. The molecule has 202 valence electrons. The minimum absolute atomic E-state index is 0.0282. The van der Waals surface area contributed by atoms with Crippen molar-refractivity contribution in [3.63, 3.8) is 0 Å². The van der Waals surface area contributed by atoms with Crippen molar-refractivity contribution in [3.8, 4) is 17.2 Å². The number of carbonyl (C=O) groups is 2. The number of likely N-dealkylation sites (tertiary alicyclic amines) is 1. The molecule has 1 saturated heterocycles. The summed E-state index contributed by atoms with van der Waals surface area (Å²) in [6, 6.07) is 13.5. The smallest absolute Gasteiger partial charge is 0.295 e. The number of nitrogens with zero attached hydrogens (tertiary/aromatic N) is 2. The molecule has 1 aromatic heterocycles. The minimum atomic E-state index is -0.840. The number of hydrogen-bond acceptors (Lipinski definition) is 7. The van der Waals surface area contributed by atoms with Crippen molar-refractivity contribution in [3.05, 3.63) is 88.8 Å². The average Bonchev–Trinajstić information content (AvgIpc) is 3.43. The Morgan fingerprint density at radius 1 is 1.10 bits per heavy atom. The summed E-state index contributed by atoms with van der Waals surface area (Å²) in [5.41, 5.74) is 2.83. The molecule has 8 heteroatoms. The lowest BCUT2D eigenvalue weighted by Crippen LogP contribution is -2.29. The van der Waals surface area contributed by atoms with E-state index in [-0.39, 0.29) is 24.0 Å². The molecule has 2 aliphatic heterocycles. The molecule has 0 saturated carbocycles. The lowest BCUT2D eigenvalue weighted by molar-refractivity contribution is -0.140. The SMILES string of the molecule is CCCOc1ccc([C@@H]2/C(=C(\O)c3ccc4c(c3)C[C@H](C)O4)C(=O)C(=O)N2Cc2cccnc2)cc1OCC. The number of ether oxygens (including phenoxy) is 3. The quantitative estimate of drug-likeness (QED) is 0.231. The van der Waals surface area contributed by atoms with Gasteiger partial charge in [-0.3, -0.25) is 14.6 Å². The first-order valence-electron chi connectivity index (χ1n) is 13.3. The van der Waals surface area contributed by atoms with Crippen LogP contribution in [0.3, 0.4) is 0 Å². The monoisotopic (exact) mass is 528 g/mol. The molecule has 0 bridgehead atoms. The van der Waals surface area contributed by atoms with Gasteiger partial charge < -0.3 is 24.2 Å². The standard InChI is InChI=1S/C31H32N2O6/c1-4-13-38-25-11-8-21(16-26(25)37-5-2)28-27(29(34)22-9-10-24-23(15-22)14-19(3)39-24)30(35)31(36)33(28)18-20-7-6-12-32-17-20/h6-12,15-17,19,28,34H,4-5,13-14,18H2,1-3H3/b29-27+/t19-,28+/m0/s1. The fourth-order valence-electron chi connectivity index (χ4n) is 5.10. The van der Waals surface area contributed by atoms with E-state index in [2.05, 4.69) is 4.98 Å². The fourth-order valence-corrected chi connectivity index (χ4v) is 5.10. The van der Waals surface area contributed by atoms with Gasteiger partial charge >= 0.3 is 0 Å². The number of amides is 1. The summed E-state index contributed by atoms with van der Waals surface area (Å²) in [4.78, 5) is 32.6. The summed E-state index contributed by atoms with van der Waals surface area (Å²) in [5, 5.41) is 11.5. The van der Waals surface area contributed by atoms with Crippen molar-refractivity contribution >= 4 is 17.4 Å². The van der Waals surface area contributed by atoms with Crippen LogP contribution in [0.4, 0.5) is 0 Å². The summed E-state index contributed by atoms with van der Waals surface area (Å²) in [5.74, 6) is 0.206. The van der Waals surface area contributed by atoms with Crippen LogP contribution >= 0.6 is 0 Å². The van der Waals surface area contributed by atoms with Gasteiger partial charge in [-0.2, -0.15) is 0 Å². The first-order chi connectivity index (χ1) is 18.9. The molecule has 0 spiro atoms. The largest absolute Gasteiger partial charge is 0.507 e. The molecule has 0 aliphatic carbocycles. The number of Topliss-reactive ketones (excluding diaryl/α,β-unsaturated/α-hetero) is 1. The van der Waals surface area contributed by atoms with Gasteiger partial charge in [0.25, 0.3) is 11.7 Å². The highest BCUT2D eigenvalue weighted by molar-refractivity contribution is 6.46. The predicted octanol–water partition coefficient (Wildman–Crippen LogP) is 5.21. The van der Waals surface area contributed by atoms with Crippen LogP contribution in [0.15, 0.2) is 66.5 Å². The zero-order valence-electron chi connectivity index (χ0n) is 22.3. The zero-order chi connectivity index (χ0) is 27.5. The van der Waals surface area contributed by atoms with Gasteiger partial charge in [0.1, 0.15) is 17.6 Å². The topological polar surface area (TPSA) is 98.2 Å². The highest BCUT2D eigenvalue weighted by Crippen LogP contribution is 2.43. The average molecular weight is 529 g/mol. The number of pyridine rings is 1. The molecule has 3 heterocycles. The normalized spacial score (nSPS) is 19.6. The lowest BCUT2D eigenvalue weighted by atomic mass is 9.94. The number of aliphatic hydroxyl groups excluding tert-OH is 1. The molecule has 0 unspecified atom stereocenters. The maximum absolute atomic E-state index is 13.5. The Morgan fingerprint density at radius 3 is 2.69 bits per heavy atom. The summed E-state index contributed by atoms with van der Waals surface area (Å²) < 4.78 is 17.5. The van der Waals surface area contributed by atoms with E-state index in [1.54, 1.807) is 42.7 Å². The van der Waals surface area contributed by atoms with Crippen LogP contribution in [0, 0.1) is 0 Å². The Balaban J connectivity index is 1.63. The summed E-state index contributed by atoms with van der Waals surface area (Å²) in [6.07, 6.45) is 4.88. The van der Waals surface area contributed by atoms with Crippen molar-refractivity contribution in [1.29, 1.82) is 0 Å². The van der Waals surface area contributed by atoms with Crippen molar-refractivity contribution in [2.45, 2.75) is 52.3 Å². The molecular formula is C31H32N2O6. The minimum Gasteiger partial charge on any atom is -0.507 e. The molecule has 39 heavy (non-hydrogen) atoms. The van der Waals surface area contributed by atoms with Crippen molar-refractivity contribution < 1.29 is 28.9 Å². The van der Waals surface area contributed by atoms with Gasteiger partial charge in [-0.25, -0.2) is 0 Å². The van der Waals surface area contributed by atoms with Gasteiger partial charge in [0.15, 0.2) is 11.5 Å². The Bertz CT molecular complexity index is 1420. The van der Waals surface area contributed by atoms with Crippen LogP contribution in [0.2, 0.25) is 0 Å². The number of aromatic nitrogens is 1. The lowest BCUT2D eigenvalue weighted by Gasteiger charge is -2.26. The van der Waals surface area contributed by atoms with E-state index in [9.17, 15) is 14.7 Å². The van der Waals surface area contributed by atoms with E-state index in [0.717, 1.165) is 23.3 Å². The maximum Gasteiger partial charge on any atom is 0.295 e. The van der Waals surface area contributed by atoms with E-state index < -0.39 is 17.7 Å². The molecule has 2 aromatic carbocycles. The number of benzene rings is 2. The van der Waals surface area contributed by atoms with Gasteiger partial charge in [-0.15, -0.1) is 0 Å². The number of rotatable bonds is 9. The summed E-state index contributed by atoms with van der Waals surface area (Å²) in [6.45, 7) is 6.97. The van der Waals surface area contributed by atoms with Gasteiger partial charge in [-0.05, 0) is 73.4 Å². The zero-order valence-corrected chi connectivity index (χ0v) is 22.3. The van der Waals surface area contributed by atoms with Gasteiger partial charge in [0.2, 0.25) is 0 Å². The van der Waals surface area contributed by atoms with Crippen LogP contribution < -0.4 is 14.2 Å². The summed E-state index contributed by atoms with van der Waals surface area (Å²) in [7, 11) is 0. The Labute approximate surface area is 227 Å². The number of hydrogen-bond donors (Lipinski definition) is 1. The highest BCUT2D eigenvalue weighted by atomic mass is 16.5. The first-order valence-corrected chi connectivity index (χ1v) is 13.3. The molecule has 0 radical (unpaired) electrons. The van der Waals surface area contributed by atoms with Crippen LogP contribution in [0.5, 0.6) is 17.2 Å². The van der Waals surface area contributed by atoms with E-state index in [1.165, 1.54) is 4.90 Å². The Kier molecular flexibility index (Phi) is 7.54. The molecule has 5 rings (SSSR count). The van der Waals surface area contributed by atoms with Crippen LogP contribution in [0.25, 0.3) is 5.76 Å². The van der Waals surface area contributed by atoms with E-state index in [0.29, 0.717) is 42.3 Å². The summed E-state index contributed by atoms with van der Waals surface area (Å²) >= 11 is 0. The molecule has 1 N–H and O–H groups in total. The van der Waals surface area contributed by atoms with Crippen molar-refractivity contribution in [1.82, 2.24) is 9.88 Å². The van der Waals surface area contributed by atoms with Crippen LogP contribution in [-0.4, -0.2) is 46.0 Å². The second kappa shape index (κ2) is 11.2. The second-order valence-corrected chi connectivity index (χ2v) is 9.73. The van der Waals surface area contributed by atoms with Crippen LogP contribution in [-0.2, 0) is 22.6 Å². The Morgan fingerprint density at radius 2 is 1.95 bits per heavy atom. The number of aliphatic hydroxyl groups is 1. The third-order valence-electron chi connectivity index (χ3n) is 6.83.